The van der Waals surface area contributed by atoms with Gasteiger partial charge in [0.25, 0.3) is 5.91 Å². The lowest BCUT2D eigenvalue weighted by Crippen LogP contribution is -2.27. The monoisotopic (exact) mass is 499 g/mol. The summed E-state index contributed by atoms with van der Waals surface area (Å²) in [7, 11) is 2.13. The fourth-order valence-electron chi connectivity index (χ4n) is 4.99. The standard InChI is InChI=1S/C32H29N5O/c1-21-18-24-16-17-37(2)20-25(24)19-29(21)34-31(38)23-12-14-26(15-13-23)33-32-35-28-11-7-6-10-27(28)30(36-32)22-8-4-3-5-9-22/h3-15,18-19H,16-17,20H2,1-2H3,(H,34,38)(H,33,35,36). The second kappa shape index (κ2) is 10.1. The molecule has 0 spiro atoms. The second-order valence-corrected chi connectivity index (χ2v) is 9.86. The molecule has 0 fully saturated rings. The number of aromatic nitrogens is 2. The van der Waals surface area contributed by atoms with E-state index in [0.717, 1.165) is 58.6 Å². The number of hydrogen-bond acceptors (Lipinski definition) is 5. The van der Waals surface area contributed by atoms with Gasteiger partial charge in [-0.1, -0.05) is 54.6 Å². The molecule has 0 bridgehead atoms. The molecule has 4 aromatic carbocycles. The third kappa shape index (κ3) is 4.86. The number of anilines is 3. The first-order valence-corrected chi connectivity index (χ1v) is 12.8. The van der Waals surface area contributed by atoms with Crippen LogP contribution < -0.4 is 10.6 Å². The molecular formula is C32H29N5O. The van der Waals surface area contributed by atoms with E-state index < -0.39 is 0 Å². The lowest BCUT2D eigenvalue weighted by atomic mass is 9.96. The summed E-state index contributed by atoms with van der Waals surface area (Å²) in [5.41, 5.74) is 8.78. The number of rotatable bonds is 5. The maximum absolute atomic E-state index is 13.0. The molecule has 0 aliphatic carbocycles. The number of carbonyl (C=O) groups excluding carboxylic acids is 1. The van der Waals surface area contributed by atoms with E-state index in [9.17, 15) is 4.79 Å². The Morgan fingerprint density at radius 3 is 2.45 bits per heavy atom. The van der Waals surface area contributed by atoms with Gasteiger partial charge in [0.05, 0.1) is 11.2 Å². The van der Waals surface area contributed by atoms with Crippen molar-refractivity contribution in [1.29, 1.82) is 0 Å². The van der Waals surface area contributed by atoms with Gasteiger partial charge in [-0.15, -0.1) is 0 Å². The number of fused-ring (bicyclic) bond motifs is 2. The highest BCUT2D eigenvalue weighted by Gasteiger charge is 2.17. The Morgan fingerprint density at radius 2 is 1.63 bits per heavy atom. The Kier molecular flexibility index (Phi) is 6.32. The summed E-state index contributed by atoms with van der Waals surface area (Å²) in [5, 5.41) is 7.42. The number of para-hydroxylation sites is 1. The molecule has 1 amide bonds. The molecular weight excluding hydrogens is 470 g/mol. The maximum atomic E-state index is 13.0. The van der Waals surface area contributed by atoms with E-state index in [1.54, 1.807) is 0 Å². The van der Waals surface area contributed by atoms with Crippen molar-refractivity contribution >= 4 is 34.1 Å². The fourth-order valence-corrected chi connectivity index (χ4v) is 4.99. The Balaban J connectivity index is 1.22. The number of likely N-dealkylation sites (N-methyl/N-ethyl adjacent to an activating group) is 1. The van der Waals surface area contributed by atoms with Crippen LogP contribution in [0.25, 0.3) is 22.2 Å². The molecule has 2 N–H and O–H groups in total. The van der Waals surface area contributed by atoms with E-state index in [2.05, 4.69) is 53.8 Å². The van der Waals surface area contributed by atoms with Crippen molar-refractivity contribution in [2.75, 3.05) is 24.2 Å². The lowest BCUT2D eigenvalue weighted by molar-refractivity contribution is 0.102. The zero-order valence-corrected chi connectivity index (χ0v) is 21.5. The number of carbonyl (C=O) groups is 1. The van der Waals surface area contributed by atoms with Crippen molar-refractivity contribution in [3.63, 3.8) is 0 Å². The van der Waals surface area contributed by atoms with Crippen LogP contribution in [-0.2, 0) is 13.0 Å². The van der Waals surface area contributed by atoms with Crippen LogP contribution in [0.2, 0.25) is 0 Å². The topological polar surface area (TPSA) is 70.1 Å². The molecule has 0 atom stereocenters. The third-order valence-corrected chi connectivity index (χ3v) is 7.05. The van der Waals surface area contributed by atoms with E-state index in [4.69, 9.17) is 9.97 Å². The summed E-state index contributed by atoms with van der Waals surface area (Å²) in [6, 6.07) is 29.8. The van der Waals surface area contributed by atoms with Crippen molar-refractivity contribution < 1.29 is 4.79 Å². The Bertz CT molecular complexity index is 1630. The fraction of sp³-hybridized carbons (Fsp3) is 0.156. The van der Waals surface area contributed by atoms with Gasteiger partial charge in [0, 0.05) is 41.0 Å². The van der Waals surface area contributed by atoms with Crippen LogP contribution >= 0.6 is 0 Å². The molecule has 1 aliphatic rings. The van der Waals surface area contributed by atoms with Crippen molar-refractivity contribution in [2.45, 2.75) is 19.9 Å². The summed E-state index contributed by atoms with van der Waals surface area (Å²) >= 11 is 0. The number of nitrogens with zero attached hydrogens (tertiary/aromatic N) is 3. The highest BCUT2D eigenvalue weighted by molar-refractivity contribution is 6.05. The van der Waals surface area contributed by atoms with E-state index in [1.807, 2.05) is 66.7 Å². The Labute approximate surface area is 222 Å². The summed E-state index contributed by atoms with van der Waals surface area (Å²) in [6.45, 7) is 4.02. The van der Waals surface area contributed by atoms with Crippen molar-refractivity contribution in [3.05, 3.63) is 113 Å². The molecule has 1 aliphatic heterocycles. The molecule has 5 aromatic rings. The van der Waals surface area contributed by atoms with Crippen LogP contribution in [0.15, 0.2) is 91.0 Å². The largest absolute Gasteiger partial charge is 0.324 e. The predicted molar refractivity (Wildman–Crippen MR) is 154 cm³/mol. The van der Waals surface area contributed by atoms with Crippen LogP contribution in [0, 0.1) is 6.92 Å². The minimum atomic E-state index is -0.128. The summed E-state index contributed by atoms with van der Waals surface area (Å²) in [5.74, 6) is 0.381. The third-order valence-electron chi connectivity index (χ3n) is 7.05. The van der Waals surface area contributed by atoms with Gasteiger partial charge in [0.2, 0.25) is 5.95 Å². The highest BCUT2D eigenvalue weighted by atomic mass is 16.1. The molecule has 6 nitrogen and oxygen atoms in total. The molecule has 0 radical (unpaired) electrons. The van der Waals surface area contributed by atoms with Crippen LogP contribution in [0.4, 0.5) is 17.3 Å². The first-order chi connectivity index (χ1) is 18.5. The van der Waals surface area contributed by atoms with Gasteiger partial charge in [-0.05, 0) is 73.5 Å². The number of amides is 1. The summed E-state index contributed by atoms with van der Waals surface area (Å²) in [4.78, 5) is 24.9. The highest BCUT2D eigenvalue weighted by Crippen LogP contribution is 2.29. The number of hydrogen-bond donors (Lipinski definition) is 2. The normalized spacial score (nSPS) is 13.2. The van der Waals surface area contributed by atoms with Gasteiger partial charge in [0.15, 0.2) is 0 Å². The first-order valence-electron chi connectivity index (χ1n) is 12.8. The van der Waals surface area contributed by atoms with E-state index in [0.29, 0.717) is 11.5 Å². The van der Waals surface area contributed by atoms with E-state index in [-0.39, 0.29) is 5.91 Å². The van der Waals surface area contributed by atoms with Crippen molar-refractivity contribution in [1.82, 2.24) is 14.9 Å². The molecule has 0 unspecified atom stereocenters. The van der Waals surface area contributed by atoms with Gasteiger partial charge in [-0.2, -0.15) is 0 Å². The van der Waals surface area contributed by atoms with Crippen LogP contribution in [0.3, 0.4) is 0 Å². The van der Waals surface area contributed by atoms with E-state index >= 15 is 0 Å². The number of benzene rings is 4. The molecule has 0 saturated carbocycles. The average Bonchev–Trinajstić information content (AvgIpc) is 2.94. The predicted octanol–water partition coefficient (Wildman–Crippen LogP) is 6.59. The smallest absolute Gasteiger partial charge is 0.255 e. The minimum absolute atomic E-state index is 0.128. The van der Waals surface area contributed by atoms with Crippen LogP contribution in [0.5, 0.6) is 0 Å². The maximum Gasteiger partial charge on any atom is 0.255 e. The molecule has 0 saturated heterocycles. The van der Waals surface area contributed by atoms with Gasteiger partial charge in [-0.25, -0.2) is 9.97 Å². The molecule has 1 aromatic heterocycles. The molecule has 188 valence electrons. The quantitative estimate of drug-likeness (QED) is 0.286. The van der Waals surface area contributed by atoms with Gasteiger partial charge >= 0.3 is 0 Å². The molecule has 38 heavy (non-hydrogen) atoms. The van der Waals surface area contributed by atoms with Gasteiger partial charge in [0.1, 0.15) is 0 Å². The summed E-state index contributed by atoms with van der Waals surface area (Å²) in [6.07, 6.45) is 1.04. The average molecular weight is 500 g/mol. The van der Waals surface area contributed by atoms with Gasteiger partial charge < -0.3 is 15.5 Å². The SMILES string of the molecule is Cc1cc2c(cc1NC(=O)c1ccc(Nc3nc(-c4ccccc4)c4ccccc4n3)cc1)CN(C)CC2. The minimum Gasteiger partial charge on any atom is -0.324 e. The van der Waals surface area contributed by atoms with Gasteiger partial charge in [-0.3, -0.25) is 4.79 Å². The van der Waals surface area contributed by atoms with E-state index in [1.165, 1.54) is 11.1 Å². The first kappa shape index (κ1) is 23.8. The number of nitrogens with one attached hydrogen (secondary N) is 2. The van der Waals surface area contributed by atoms with Crippen molar-refractivity contribution in [2.24, 2.45) is 0 Å². The molecule has 6 heteroatoms. The molecule has 6 rings (SSSR count). The molecule has 2 heterocycles. The Hall–Kier alpha value is -4.55. The van der Waals surface area contributed by atoms with Crippen LogP contribution in [-0.4, -0.2) is 34.4 Å². The lowest BCUT2D eigenvalue weighted by Gasteiger charge is -2.26. The summed E-state index contributed by atoms with van der Waals surface area (Å²) < 4.78 is 0. The Morgan fingerprint density at radius 1 is 0.868 bits per heavy atom. The van der Waals surface area contributed by atoms with Crippen LogP contribution in [0.1, 0.15) is 27.0 Å². The zero-order valence-electron chi connectivity index (χ0n) is 21.5. The van der Waals surface area contributed by atoms with Crippen molar-refractivity contribution in [3.8, 4) is 11.3 Å². The second-order valence-electron chi connectivity index (χ2n) is 9.86. The zero-order chi connectivity index (χ0) is 26.1. The number of aryl methyl sites for hydroxylation is 1.